The second kappa shape index (κ2) is 9.90. The Morgan fingerprint density at radius 2 is 1.82 bits per heavy atom. The van der Waals surface area contributed by atoms with Gasteiger partial charge in [-0.3, -0.25) is 14.9 Å². The highest BCUT2D eigenvalue weighted by atomic mass is 33.1. The summed E-state index contributed by atoms with van der Waals surface area (Å²) in [6.07, 6.45) is -0.814. The molecule has 0 aliphatic carbocycles. The van der Waals surface area contributed by atoms with E-state index in [4.69, 9.17) is 14.6 Å². The fourth-order valence-electron chi connectivity index (χ4n) is 1.17. The van der Waals surface area contributed by atoms with Gasteiger partial charge in [-0.1, -0.05) is 21.6 Å². The lowest BCUT2D eigenvalue weighted by Gasteiger charge is -2.05. The molecule has 0 saturated heterocycles. The Hall–Kier alpha value is -1.94. The summed E-state index contributed by atoms with van der Waals surface area (Å²) in [5.41, 5.74) is -0.101. The number of carboxylic acid groups (broad SMARTS) is 1. The number of hydrogen-bond donors (Lipinski definition) is 1. The van der Waals surface area contributed by atoms with Crippen LogP contribution < -0.4 is 4.74 Å². The van der Waals surface area contributed by atoms with E-state index in [1.165, 1.54) is 45.9 Å². The monoisotopic (exact) mass is 347 g/mol. The number of ether oxygens (including phenoxy) is 2. The van der Waals surface area contributed by atoms with Crippen molar-refractivity contribution in [2.24, 2.45) is 0 Å². The zero-order valence-electron chi connectivity index (χ0n) is 11.3. The number of aliphatic carboxylic acids is 1. The van der Waals surface area contributed by atoms with Crippen LogP contribution >= 0.6 is 21.6 Å². The van der Waals surface area contributed by atoms with Crippen LogP contribution in [0.5, 0.6) is 5.75 Å². The zero-order chi connectivity index (χ0) is 16.4. The third-order valence-electron chi connectivity index (χ3n) is 2.12. The minimum absolute atomic E-state index is 0.0840. The molecule has 1 aromatic rings. The summed E-state index contributed by atoms with van der Waals surface area (Å²) in [6.45, 7) is 0.122. The number of carbonyl (C=O) groups is 2. The van der Waals surface area contributed by atoms with E-state index in [-0.39, 0.29) is 24.5 Å². The molecule has 1 rings (SSSR count). The van der Waals surface area contributed by atoms with Crippen molar-refractivity contribution in [2.75, 3.05) is 18.1 Å². The molecule has 0 atom stereocenters. The first kappa shape index (κ1) is 18.1. The van der Waals surface area contributed by atoms with Crippen LogP contribution in [0.1, 0.15) is 6.42 Å². The molecule has 0 fully saturated rings. The quantitative estimate of drug-likeness (QED) is 0.180. The highest BCUT2D eigenvalue weighted by molar-refractivity contribution is 8.76. The Morgan fingerprint density at radius 3 is 2.41 bits per heavy atom. The average Bonchev–Trinajstić information content (AvgIpc) is 2.46. The lowest BCUT2D eigenvalue weighted by Crippen LogP contribution is -2.12. The molecule has 0 amide bonds. The van der Waals surface area contributed by atoms with Crippen molar-refractivity contribution in [2.45, 2.75) is 6.42 Å². The maximum atomic E-state index is 11.3. The molecule has 8 nitrogen and oxygen atoms in total. The molecule has 1 aromatic carbocycles. The summed E-state index contributed by atoms with van der Waals surface area (Å²) >= 11 is 0. The summed E-state index contributed by atoms with van der Waals surface area (Å²) < 4.78 is 9.64. The fraction of sp³-hybridized carbons (Fsp3) is 0.333. The predicted octanol–water partition coefficient (Wildman–Crippen LogP) is 2.97. The second-order valence-electron chi connectivity index (χ2n) is 3.74. The maximum absolute atomic E-state index is 11.3. The smallest absolute Gasteiger partial charge is 0.481 e. The van der Waals surface area contributed by atoms with Gasteiger partial charge in [-0.2, -0.15) is 0 Å². The van der Waals surface area contributed by atoms with Crippen LogP contribution in [0.25, 0.3) is 0 Å². The van der Waals surface area contributed by atoms with Gasteiger partial charge in [-0.05, 0) is 12.1 Å². The van der Waals surface area contributed by atoms with Gasteiger partial charge in [0.15, 0.2) is 0 Å². The average molecular weight is 347 g/mol. The summed E-state index contributed by atoms with van der Waals surface area (Å²) in [7, 11) is 2.78. The van der Waals surface area contributed by atoms with Gasteiger partial charge in [0.1, 0.15) is 12.4 Å². The Morgan fingerprint density at radius 1 is 1.18 bits per heavy atom. The molecular formula is C12H13NO7S2. The number of non-ortho nitro benzene ring substituents is 1. The summed E-state index contributed by atoms with van der Waals surface area (Å²) in [4.78, 5) is 31.5. The van der Waals surface area contributed by atoms with Gasteiger partial charge in [-0.25, -0.2) is 4.79 Å². The molecule has 0 bridgehead atoms. The standard InChI is InChI=1S/C12H13NO7S2/c14-11(15)5-7-21-22-8-6-19-12(16)20-10-3-1-9(2-4-10)13(17)18/h1-4H,5-8H2,(H,14,15). The number of hydrogen-bond acceptors (Lipinski definition) is 8. The van der Waals surface area contributed by atoms with Crippen molar-refractivity contribution in [1.29, 1.82) is 0 Å². The topological polar surface area (TPSA) is 116 Å². The van der Waals surface area contributed by atoms with Crippen LogP contribution in [-0.2, 0) is 9.53 Å². The van der Waals surface area contributed by atoms with E-state index in [0.29, 0.717) is 11.5 Å². The van der Waals surface area contributed by atoms with E-state index in [1.807, 2.05) is 0 Å². The zero-order valence-corrected chi connectivity index (χ0v) is 12.9. The Bertz CT molecular complexity index is 521. The summed E-state index contributed by atoms with van der Waals surface area (Å²) in [5.74, 6) is 0.280. The van der Waals surface area contributed by atoms with Crippen molar-refractivity contribution in [3.8, 4) is 5.75 Å². The number of rotatable bonds is 9. The number of benzene rings is 1. The second-order valence-corrected chi connectivity index (χ2v) is 6.44. The highest BCUT2D eigenvalue weighted by Gasteiger charge is 2.09. The van der Waals surface area contributed by atoms with Crippen molar-refractivity contribution >= 4 is 39.4 Å². The van der Waals surface area contributed by atoms with E-state index >= 15 is 0 Å². The molecule has 0 radical (unpaired) electrons. The van der Waals surface area contributed by atoms with Gasteiger partial charge in [-0.15, -0.1) is 0 Å². The highest BCUT2D eigenvalue weighted by Crippen LogP contribution is 2.21. The molecule has 0 heterocycles. The number of nitro benzene ring substituents is 1. The molecule has 0 spiro atoms. The predicted molar refractivity (Wildman–Crippen MR) is 82.2 cm³/mol. The normalized spacial score (nSPS) is 10.0. The van der Waals surface area contributed by atoms with Crippen molar-refractivity contribution in [3.05, 3.63) is 34.4 Å². The maximum Gasteiger partial charge on any atom is 0.513 e. The first-order valence-corrected chi connectivity index (χ1v) is 8.53. The first-order valence-electron chi connectivity index (χ1n) is 6.04. The summed E-state index contributed by atoms with van der Waals surface area (Å²) in [5, 5.41) is 18.9. The van der Waals surface area contributed by atoms with Gasteiger partial charge in [0.25, 0.3) is 5.69 Å². The van der Waals surface area contributed by atoms with Gasteiger partial charge >= 0.3 is 12.1 Å². The molecule has 1 N–H and O–H groups in total. The van der Waals surface area contributed by atoms with Gasteiger partial charge in [0, 0.05) is 23.6 Å². The third-order valence-corrected chi connectivity index (χ3v) is 4.49. The number of carboxylic acids is 1. The van der Waals surface area contributed by atoms with Gasteiger partial charge in [0.2, 0.25) is 0 Å². The molecule has 0 unspecified atom stereocenters. The molecule has 0 aliphatic heterocycles. The van der Waals surface area contributed by atoms with E-state index in [1.54, 1.807) is 0 Å². The Kier molecular flexibility index (Phi) is 8.15. The van der Waals surface area contributed by atoms with Crippen LogP contribution in [0.3, 0.4) is 0 Å². The third kappa shape index (κ3) is 7.74. The number of nitrogens with zero attached hydrogens (tertiary/aromatic N) is 1. The van der Waals surface area contributed by atoms with Gasteiger partial charge < -0.3 is 14.6 Å². The van der Waals surface area contributed by atoms with Gasteiger partial charge in [0.05, 0.1) is 11.3 Å². The lowest BCUT2D eigenvalue weighted by atomic mass is 10.3. The lowest BCUT2D eigenvalue weighted by molar-refractivity contribution is -0.384. The SMILES string of the molecule is O=C(O)CCSSCCOC(=O)Oc1ccc([N+](=O)[O-])cc1. The number of nitro groups is 1. The Balaban J connectivity index is 2.15. The van der Waals surface area contributed by atoms with Crippen molar-refractivity contribution < 1.29 is 29.1 Å². The molecule has 10 heteroatoms. The Labute approximate surface area is 133 Å². The van der Waals surface area contributed by atoms with Crippen molar-refractivity contribution in [1.82, 2.24) is 0 Å². The first-order chi connectivity index (χ1) is 10.5. The molecule has 22 heavy (non-hydrogen) atoms. The van der Waals surface area contributed by atoms with E-state index in [9.17, 15) is 19.7 Å². The van der Waals surface area contributed by atoms with E-state index in [0.717, 1.165) is 0 Å². The molecule has 120 valence electrons. The molecular weight excluding hydrogens is 334 g/mol. The van der Waals surface area contributed by atoms with Crippen molar-refractivity contribution in [3.63, 3.8) is 0 Å². The number of carbonyl (C=O) groups excluding carboxylic acids is 1. The van der Waals surface area contributed by atoms with E-state index in [2.05, 4.69) is 0 Å². The van der Waals surface area contributed by atoms with Crippen LogP contribution in [0, 0.1) is 10.1 Å². The van der Waals surface area contributed by atoms with Crippen LogP contribution in [-0.4, -0.2) is 40.3 Å². The van der Waals surface area contributed by atoms with Crippen LogP contribution in [0.15, 0.2) is 24.3 Å². The van der Waals surface area contributed by atoms with Crippen LogP contribution in [0.2, 0.25) is 0 Å². The van der Waals surface area contributed by atoms with Crippen LogP contribution in [0.4, 0.5) is 10.5 Å². The molecule has 0 saturated carbocycles. The summed E-state index contributed by atoms with van der Waals surface area (Å²) in [6, 6.07) is 5.04. The minimum atomic E-state index is -0.898. The largest absolute Gasteiger partial charge is 0.513 e. The molecule has 0 aromatic heterocycles. The van der Waals surface area contributed by atoms with E-state index < -0.39 is 17.0 Å². The minimum Gasteiger partial charge on any atom is -0.481 e. The molecule has 0 aliphatic rings. The fourth-order valence-corrected chi connectivity index (χ4v) is 2.97.